The van der Waals surface area contributed by atoms with Gasteiger partial charge in [0.15, 0.2) is 11.5 Å². The summed E-state index contributed by atoms with van der Waals surface area (Å²) in [5.74, 6) is 1.25. The molecule has 1 amide bonds. The van der Waals surface area contributed by atoms with E-state index in [1.165, 1.54) is 0 Å². The van der Waals surface area contributed by atoms with Crippen LogP contribution in [0.15, 0.2) is 91.3 Å². The molecule has 0 fully saturated rings. The molecule has 1 heterocycles. The Kier molecular flexibility index (Phi) is 7.96. The number of benzene rings is 3. The molecule has 3 aromatic carbocycles. The average Bonchev–Trinajstić information content (AvgIpc) is 3.32. The van der Waals surface area contributed by atoms with Crippen molar-refractivity contribution in [2.24, 2.45) is 0 Å². The monoisotopic (exact) mass is 467 g/mol. The van der Waals surface area contributed by atoms with Crippen LogP contribution >= 0.6 is 0 Å². The van der Waals surface area contributed by atoms with Gasteiger partial charge in [-0.1, -0.05) is 66.7 Å². The van der Waals surface area contributed by atoms with Gasteiger partial charge in [0.25, 0.3) is 5.91 Å². The summed E-state index contributed by atoms with van der Waals surface area (Å²) in [6.07, 6.45) is 5.37. The fourth-order valence-electron chi connectivity index (χ4n) is 3.71. The van der Waals surface area contributed by atoms with Crippen LogP contribution in [0.25, 0.3) is 11.6 Å². The fourth-order valence-corrected chi connectivity index (χ4v) is 3.71. The lowest BCUT2D eigenvalue weighted by molar-refractivity contribution is -0.111. The first-order chi connectivity index (χ1) is 17.2. The Balaban J connectivity index is 1.51. The number of carbonyl (C=O) groups is 1. The summed E-state index contributed by atoms with van der Waals surface area (Å²) in [5, 5.41) is 7.41. The number of carbonyl (C=O) groups excluding carboxylic acids is 1. The lowest BCUT2D eigenvalue weighted by atomic mass is 10.0. The quantitative estimate of drug-likeness (QED) is 0.233. The molecule has 0 radical (unpaired) electrons. The highest BCUT2D eigenvalue weighted by atomic mass is 16.5. The van der Waals surface area contributed by atoms with Crippen LogP contribution in [0.5, 0.6) is 11.5 Å². The second-order valence-corrected chi connectivity index (χ2v) is 7.86. The summed E-state index contributed by atoms with van der Waals surface area (Å²) in [7, 11) is 0. The van der Waals surface area contributed by atoms with Crippen LogP contribution in [-0.2, 0) is 11.3 Å². The highest BCUT2D eigenvalue weighted by molar-refractivity contribution is 6.29. The molecule has 6 heteroatoms. The summed E-state index contributed by atoms with van der Waals surface area (Å²) >= 11 is 0. The SMILES string of the molecule is CCOc1ccc(Cn2cc(NC(=O)/C(=C\c3ccccc3)c3ccccc3)cn2)cc1OCC. The molecule has 1 aromatic heterocycles. The zero-order chi connectivity index (χ0) is 24.5. The number of rotatable bonds is 10. The maximum atomic E-state index is 13.3. The molecule has 0 aliphatic carbocycles. The molecule has 0 saturated carbocycles. The van der Waals surface area contributed by atoms with Crippen LogP contribution in [0.2, 0.25) is 0 Å². The lowest BCUT2D eigenvalue weighted by Gasteiger charge is -2.12. The van der Waals surface area contributed by atoms with Crippen LogP contribution in [0.1, 0.15) is 30.5 Å². The van der Waals surface area contributed by atoms with Crippen molar-refractivity contribution < 1.29 is 14.3 Å². The fraction of sp³-hybridized carbons (Fsp3) is 0.172. The van der Waals surface area contributed by atoms with Gasteiger partial charge >= 0.3 is 0 Å². The van der Waals surface area contributed by atoms with Crippen LogP contribution in [-0.4, -0.2) is 28.9 Å². The number of hydrogen-bond acceptors (Lipinski definition) is 4. The molecule has 0 saturated heterocycles. The van der Waals surface area contributed by atoms with Crippen molar-refractivity contribution in [3.63, 3.8) is 0 Å². The molecule has 0 atom stereocenters. The number of nitrogens with zero attached hydrogens (tertiary/aromatic N) is 2. The van der Waals surface area contributed by atoms with Crippen molar-refractivity contribution in [1.82, 2.24) is 9.78 Å². The summed E-state index contributed by atoms with van der Waals surface area (Å²) in [4.78, 5) is 13.3. The van der Waals surface area contributed by atoms with E-state index in [4.69, 9.17) is 9.47 Å². The molecule has 4 rings (SSSR count). The minimum atomic E-state index is -0.195. The summed E-state index contributed by atoms with van der Waals surface area (Å²) in [5.41, 5.74) is 4.03. The van der Waals surface area contributed by atoms with E-state index < -0.39 is 0 Å². The van der Waals surface area contributed by atoms with Gasteiger partial charge in [-0.2, -0.15) is 5.10 Å². The third-order valence-corrected chi connectivity index (χ3v) is 5.28. The Morgan fingerprint density at radius 1 is 0.914 bits per heavy atom. The molecule has 0 unspecified atom stereocenters. The van der Waals surface area contributed by atoms with E-state index in [-0.39, 0.29) is 5.91 Å². The Morgan fingerprint density at radius 3 is 2.31 bits per heavy atom. The van der Waals surface area contributed by atoms with E-state index in [2.05, 4.69) is 10.4 Å². The maximum Gasteiger partial charge on any atom is 0.256 e. The van der Waals surface area contributed by atoms with E-state index in [9.17, 15) is 4.79 Å². The molecular formula is C29H29N3O3. The van der Waals surface area contributed by atoms with Crippen molar-refractivity contribution in [2.45, 2.75) is 20.4 Å². The number of anilines is 1. The van der Waals surface area contributed by atoms with Crippen LogP contribution in [0.4, 0.5) is 5.69 Å². The van der Waals surface area contributed by atoms with E-state index in [1.807, 2.05) is 105 Å². The minimum Gasteiger partial charge on any atom is -0.490 e. The van der Waals surface area contributed by atoms with Crippen LogP contribution < -0.4 is 14.8 Å². The van der Waals surface area contributed by atoms with Crippen molar-refractivity contribution in [2.75, 3.05) is 18.5 Å². The number of nitrogens with one attached hydrogen (secondary N) is 1. The number of aromatic nitrogens is 2. The highest BCUT2D eigenvalue weighted by Gasteiger charge is 2.14. The molecular weight excluding hydrogens is 438 g/mol. The Bertz CT molecular complexity index is 1280. The number of amides is 1. The van der Waals surface area contributed by atoms with Gasteiger partial charge < -0.3 is 14.8 Å². The Hall–Kier alpha value is -4.32. The molecule has 6 nitrogen and oxygen atoms in total. The van der Waals surface area contributed by atoms with Gasteiger partial charge in [-0.25, -0.2) is 0 Å². The third kappa shape index (κ3) is 6.38. The predicted octanol–water partition coefficient (Wildman–Crippen LogP) is 5.91. The first kappa shape index (κ1) is 23.8. The number of ether oxygens (including phenoxy) is 2. The summed E-state index contributed by atoms with van der Waals surface area (Å²) in [6, 6.07) is 25.3. The van der Waals surface area contributed by atoms with Gasteiger partial charge in [0.1, 0.15) is 0 Å². The molecule has 0 spiro atoms. The van der Waals surface area contributed by atoms with Gasteiger partial charge in [0, 0.05) is 11.8 Å². The summed E-state index contributed by atoms with van der Waals surface area (Å²) < 4.78 is 13.2. The normalized spacial score (nSPS) is 11.2. The smallest absolute Gasteiger partial charge is 0.256 e. The first-order valence-electron chi connectivity index (χ1n) is 11.7. The van der Waals surface area contributed by atoms with E-state index in [0.29, 0.717) is 36.8 Å². The topological polar surface area (TPSA) is 65.4 Å². The Labute approximate surface area is 205 Å². The zero-order valence-corrected chi connectivity index (χ0v) is 20.0. The second-order valence-electron chi connectivity index (χ2n) is 7.86. The standard InChI is InChI=1S/C29H29N3O3/c1-3-34-27-16-15-23(18-28(27)35-4-2)20-32-21-25(19-30-32)31-29(33)26(24-13-9-6-10-14-24)17-22-11-7-5-8-12-22/h5-19,21H,3-4,20H2,1-2H3,(H,31,33)/b26-17-. The van der Waals surface area contributed by atoms with Crippen molar-refractivity contribution >= 4 is 23.2 Å². The van der Waals surface area contributed by atoms with Gasteiger partial charge in [-0.05, 0) is 48.7 Å². The average molecular weight is 468 g/mol. The molecule has 0 bridgehead atoms. The number of hydrogen-bond donors (Lipinski definition) is 1. The first-order valence-corrected chi connectivity index (χ1v) is 11.7. The zero-order valence-electron chi connectivity index (χ0n) is 20.0. The Morgan fingerprint density at radius 2 is 1.60 bits per heavy atom. The summed E-state index contributed by atoms with van der Waals surface area (Å²) in [6.45, 7) is 5.56. The van der Waals surface area contributed by atoms with Crippen molar-refractivity contribution in [3.8, 4) is 11.5 Å². The van der Waals surface area contributed by atoms with Crippen molar-refractivity contribution in [1.29, 1.82) is 0 Å². The molecule has 0 aliphatic heterocycles. The third-order valence-electron chi connectivity index (χ3n) is 5.28. The predicted molar refractivity (Wildman–Crippen MR) is 139 cm³/mol. The maximum absolute atomic E-state index is 13.3. The van der Waals surface area contributed by atoms with Gasteiger partial charge in [0.05, 0.1) is 31.6 Å². The highest BCUT2D eigenvalue weighted by Crippen LogP contribution is 2.29. The van der Waals surface area contributed by atoms with E-state index in [0.717, 1.165) is 22.4 Å². The van der Waals surface area contributed by atoms with Crippen molar-refractivity contribution in [3.05, 3.63) is 108 Å². The second kappa shape index (κ2) is 11.7. The largest absolute Gasteiger partial charge is 0.490 e. The van der Waals surface area contributed by atoms with Gasteiger partial charge in [-0.15, -0.1) is 0 Å². The van der Waals surface area contributed by atoms with Gasteiger partial charge in [-0.3, -0.25) is 9.48 Å². The molecule has 35 heavy (non-hydrogen) atoms. The van der Waals surface area contributed by atoms with Gasteiger partial charge in [0.2, 0.25) is 0 Å². The molecule has 1 N–H and O–H groups in total. The van der Waals surface area contributed by atoms with E-state index in [1.54, 1.807) is 10.9 Å². The molecule has 178 valence electrons. The molecule has 0 aliphatic rings. The lowest BCUT2D eigenvalue weighted by Crippen LogP contribution is -2.13. The van der Waals surface area contributed by atoms with Crippen LogP contribution in [0.3, 0.4) is 0 Å². The molecule has 4 aromatic rings. The van der Waals surface area contributed by atoms with E-state index >= 15 is 0 Å². The minimum absolute atomic E-state index is 0.195. The van der Waals surface area contributed by atoms with Crippen LogP contribution in [0, 0.1) is 0 Å².